The summed E-state index contributed by atoms with van der Waals surface area (Å²) in [5, 5.41) is 4.23. The highest BCUT2D eigenvalue weighted by molar-refractivity contribution is 7.98. The molecule has 0 saturated carbocycles. The average molecular weight is 290 g/mol. The molecule has 20 heavy (non-hydrogen) atoms. The van der Waals surface area contributed by atoms with E-state index in [4.69, 9.17) is 4.74 Å². The van der Waals surface area contributed by atoms with Crippen molar-refractivity contribution in [3.63, 3.8) is 0 Å². The van der Waals surface area contributed by atoms with Crippen LogP contribution in [0.1, 0.15) is 35.9 Å². The minimum absolute atomic E-state index is 0.0688. The van der Waals surface area contributed by atoms with Gasteiger partial charge in [0, 0.05) is 16.5 Å². The zero-order chi connectivity index (χ0) is 14.7. The predicted octanol–water partition coefficient (Wildman–Crippen LogP) is 3.43. The molecule has 1 aromatic carbocycles. The Labute approximate surface area is 123 Å². The van der Waals surface area contributed by atoms with Gasteiger partial charge >= 0.3 is 0 Å². The average Bonchev–Trinajstić information content (AvgIpc) is 2.90. The van der Waals surface area contributed by atoms with Crippen molar-refractivity contribution in [1.82, 2.24) is 9.78 Å². The molecule has 5 heteroatoms. The van der Waals surface area contributed by atoms with Gasteiger partial charge in [-0.15, -0.1) is 11.8 Å². The van der Waals surface area contributed by atoms with Gasteiger partial charge in [0.05, 0.1) is 13.3 Å². The molecule has 0 N–H and O–H groups in total. The Morgan fingerprint density at radius 2 is 1.95 bits per heavy atom. The third-order valence-electron chi connectivity index (χ3n) is 3.04. The van der Waals surface area contributed by atoms with Crippen molar-refractivity contribution >= 4 is 17.5 Å². The second-order valence-corrected chi connectivity index (χ2v) is 5.54. The maximum absolute atomic E-state index is 12.7. The third-order valence-corrected chi connectivity index (χ3v) is 3.78. The minimum Gasteiger partial charge on any atom is -0.493 e. The zero-order valence-corrected chi connectivity index (χ0v) is 12.9. The van der Waals surface area contributed by atoms with E-state index in [9.17, 15) is 4.79 Å². The van der Waals surface area contributed by atoms with Crippen LogP contribution in [0.25, 0.3) is 0 Å². The minimum atomic E-state index is -0.0688. The van der Waals surface area contributed by atoms with Crippen LogP contribution in [0.15, 0.2) is 35.4 Å². The molecule has 0 fully saturated rings. The van der Waals surface area contributed by atoms with Crippen molar-refractivity contribution in [2.75, 3.05) is 13.4 Å². The lowest BCUT2D eigenvalue weighted by atomic mass is 10.1. The van der Waals surface area contributed by atoms with Gasteiger partial charge in [-0.3, -0.25) is 9.48 Å². The van der Waals surface area contributed by atoms with Crippen LogP contribution in [0.3, 0.4) is 0 Å². The molecule has 106 valence electrons. The van der Waals surface area contributed by atoms with Crippen molar-refractivity contribution in [3.05, 3.63) is 41.7 Å². The molecule has 1 heterocycles. The Morgan fingerprint density at radius 1 is 1.30 bits per heavy atom. The summed E-state index contributed by atoms with van der Waals surface area (Å²) in [6, 6.07) is 7.67. The maximum atomic E-state index is 12.7. The fourth-order valence-corrected chi connectivity index (χ4v) is 2.39. The number of nitrogens with zero attached hydrogens (tertiary/aromatic N) is 2. The molecule has 0 spiro atoms. The Bertz CT molecular complexity index is 603. The molecule has 2 rings (SSSR count). The van der Waals surface area contributed by atoms with Crippen molar-refractivity contribution in [2.24, 2.45) is 0 Å². The van der Waals surface area contributed by atoms with E-state index in [0.29, 0.717) is 17.0 Å². The predicted molar refractivity (Wildman–Crippen MR) is 80.8 cm³/mol. The summed E-state index contributed by atoms with van der Waals surface area (Å²) in [5.41, 5.74) is 1.14. The number of ether oxygens (including phenoxy) is 1. The standard InChI is InChI=1S/C15H18N2O2S/c1-10(2)17-14(13(19-3)9-16-17)15(18)11-5-7-12(20-4)8-6-11/h5-10H,1-4H3. The molecule has 0 aliphatic rings. The van der Waals surface area contributed by atoms with E-state index >= 15 is 0 Å². The second kappa shape index (κ2) is 6.13. The van der Waals surface area contributed by atoms with Crippen molar-refractivity contribution in [3.8, 4) is 5.75 Å². The van der Waals surface area contributed by atoms with Crippen LogP contribution in [0.5, 0.6) is 5.75 Å². The van der Waals surface area contributed by atoms with Gasteiger partial charge < -0.3 is 4.74 Å². The SMILES string of the molecule is COc1cnn(C(C)C)c1C(=O)c1ccc(SC)cc1. The van der Waals surface area contributed by atoms with E-state index < -0.39 is 0 Å². The van der Waals surface area contributed by atoms with Crippen molar-refractivity contribution in [2.45, 2.75) is 24.8 Å². The van der Waals surface area contributed by atoms with E-state index in [1.54, 1.807) is 29.8 Å². The summed E-state index contributed by atoms with van der Waals surface area (Å²) in [4.78, 5) is 13.8. The Hall–Kier alpha value is -1.75. The van der Waals surface area contributed by atoms with Crippen LogP contribution in [0.2, 0.25) is 0 Å². The molecule has 0 aliphatic carbocycles. The number of thioether (sulfide) groups is 1. The van der Waals surface area contributed by atoms with E-state index in [1.807, 2.05) is 44.4 Å². The van der Waals surface area contributed by atoms with Crippen LogP contribution < -0.4 is 4.74 Å². The Morgan fingerprint density at radius 3 is 2.45 bits per heavy atom. The van der Waals surface area contributed by atoms with Gasteiger partial charge in [-0.05, 0) is 44.4 Å². The fraction of sp³-hybridized carbons (Fsp3) is 0.333. The molecular weight excluding hydrogens is 272 g/mol. The number of hydrogen-bond acceptors (Lipinski definition) is 4. The van der Waals surface area contributed by atoms with E-state index in [1.165, 1.54) is 0 Å². The van der Waals surface area contributed by atoms with Crippen LogP contribution in [-0.2, 0) is 0 Å². The molecular formula is C15H18N2O2S. The molecule has 0 atom stereocenters. The van der Waals surface area contributed by atoms with Crippen LogP contribution in [0.4, 0.5) is 0 Å². The number of carbonyl (C=O) groups is 1. The number of hydrogen-bond donors (Lipinski definition) is 0. The summed E-state index contributed by atoms with van der Waals surface area (Å²) in [6.45, 7) is 3.97. The molecule has 0 saturated heterocycles. The van der Waals surface area contributed by atoms with Gasteiger partial charge in [-0.2, -0.15) is 5.10 Å². The van der Waals surface area contributed by atoms with Gasteiger partial charge in [-0.25, -0.2) is 0 Å². The van der Waals surface area contributed by atoms with Gasteiger partial charge in [0.15, 0.2) is 11.4 Å². The number of ketones is 1. The van der Waals surface area contributed by atoms with Crippen LogP contribution >= 0.6 is 11.8 Å². The monoisotopic (exact) mass is 290 g/mol. The Kier molecular flexibility index (Phi) is 4.49. The molecule has 4 nitrogen and oxygen atoms in total. The lowest BCUT2D eigenvalue weighted by Crippen LogP contribution is -2.14. The van der Waals surface area contributed by atoms with Gasteiger partial charge in [-0.1, -0.05) is 0 Å². The summed E-state index contributed by atoms with van der Waals surface area (Å²) >= 11 is 1.65. The molecule has 2 aromatic rings. The van der Waals surface area contributed by atoms with Crippen LogP contribution in [-0.4, -0.2) is 28.9 Å². The topological polar surface area (TPSA) is 44.1 Å². The van der Waals surface area contributed by atoms with E-state index in [-0.39, 0.29) is 11.8 Å². The fourth-order valence-electron chi connectivity index (χ4n) is 1.98. The van der Waals surface area contributed by atoms with E-state index in [2.05, 4.69) is 5.10 Å². The normalized spacial score (nSPS) is 10.8. The van der Waals surface area contributed by atoms with Gasteiger partial charge in [0.25, 0.3) is 0 Å². The quantitative estimate of drug-likeness (QED) is 0.625. The first-order chi connectivity index (χ1) is 9.58. The smallest absolute Gasteiger partial charge is 0.214 e. The number of methoxy groups -OCH3 is 1. The highest BCUT2D eigenvalue weighted by atomic mass is 32.2. The van der Waals surface area contributed by atoms with Crippen molar-refractivity contribution in [1.29, 1.82) is 0 Å². The van der Waals surface area contributed by atoms with Crippen molar-refractivity contribution < 1.29 is 9.53 Å². The molecule has 0 unspecified atom stereocenters. The Balaban J connectivity index is 2.43. The zero-order valence-electron chi connectivity index (χ0n) is 12.1. The molecule has 1 aromatic heterocycles. The first kappa shape index (κ1) is 14.7. The number of aromatic nitrogens is 2. The van der Waals surface area contributed by atoms with E-state index in [0.717, 1.165) is 4.90 Å². The highest BCUT2D eigenvalue weighted by Gasteiger charge is 2.22. The summed E-state index contributed by atoms with van der Waals surface area (Å²) in [6.07, 6.45) is 3.59. The maximum Gasteiger partial charge on any atom is 0.214 e. The molecule has 0 bridgehead atoms. The summed E-state index contributed by atoms with van der Waals surface area (Å²) in [7, 11) is 1.55. The number of rotatable bonds is 5. The van der Waals surface area contributed by atoms with Gasteiger partial charge in [0.2, 0.25) is 5.78 Å². The van der Waals surface area contributed by atoms with Gasteiger partial charge in [0.1, 0.15) is 0 Å². The third kappa shape index (κ3) is 2.72. The van der Waals surface area contributed by atoms with Crippen LogP contribution in [0, 0.1) is 0 Å². The number of carbonyl (C=O) groups excluding carboxylic acids is 1. The first-order valence-corrected chi connectivity index (χ1v) is 7.61. The molecule has 0 radical (unpaired) electrons. The largest absolute Gasteiger partial charge is 0.493 e. The highest BCUT2D eigenvalue weighted by Crippen LogP contribution is 2.25. The lowest BCUT2D eigenvalue weighted by molar-refractivity contribution is 0.102. The molecule has 0 amide bonds. The summed E-state index contributed by atoms with van der Waals surface area (Å²) < 4.78 is 6.95. The second-order valence-electron chi connectivity index (χ2n) is 4.66. The molecule has 0 aliphatic heterocycles. The lowest BCUT2D eigenvalue weighted by Gasteiger charge is -2.11. The number of benzene rings is 1. The first-order valence-electron chi connectivity index (χ1n) is 6.38. The summed E-state index contributed by atoms with van der Waals surface area (Å²) in [5.74, 6) is 0.443.